The SMILES string of the molecule is C=C(COC=O)C(=O)OC1(C)CCCC1. The van der Waals surface area contributed by atoms with Gasteiger partial charge in [-0.2, -0.15) is 0 Å². The zero-order valence-corrected chi connectivity index (χ0v) is 8.95. The monoisotopic (exact) mass is 212 g/mol. The van der Waals surface area contributed by atoms with Crippen LogP contribution in [-0.4, -0.2) is 24.6 Å². The molecule has 0 heterocycles. The van der Waals surface area contributed by atoms with Crippen LogP contribution in [-0.2, 0) is 19.1 Å². The predicted molar refractivity (Wildman–Crippen MR) is 54.1 cm³/mol. The highest BCUT2D eigenvalue weighted by Crippen LogP contribution is 2.33. The minimum Gasteiger partial charge on any atom is -0.463 e. The quantitative estimate of drug-likeness (QED) is 0.394. The summed E-state index contributed by atoms with van der Waals surface area (Å²) in [7, 11) is 0. The molecule has 0 aromatic rings. The second-order valence-corrected chi connectivity index (χ2v) is 4.06. The first-order chi connectivity index (χ1) is 7.07. The maximum atomic E-state index is 11.5. The Bertz CT molecular complexity index is 264. The minimum atomic E-state index is -0.471. The van der Waals surface area contributed by atoms with Gasteiger partial charge in [0, 0.05) is 0 Å². The number of carbonyl (C=O) groups excluding carboxylic acids is 2. The molecule has 0 atom stereocenters. The van der Waals surface area contributed by atoms with Gasteiger partial charge in [0.2, 0.25) is 0 Å². The van der Waals surface area contributed by atoms with Crippen molar-refractivity contribution in [1.82, 2.24) is 0 Å². The standard InChI is InChI=1S/C11H16O4/c1-9(7-14-8-12)10(13)15-11(2)5-3-4-6-11/h8H,1,3-7H2,2H3. The summed E-state index contributed by atoms with van der Waals surface area (Å²) in [5.41, 5.74) is -0.184. The van der Waals surface area contributed by atoms with E-state index in [0.29, 0.717) is 0 Å². The molecule has 0 saturated heterocycles. The average molecular weight is 212 g/mol. The van der Waals surface area contributed by atoms with Gasteiger partial charge in [-0.25, -0.2) is 4.79 Å². The van der Waals surface area contributed by atoms with Crippen molar-refractivity contribution < 1.29 is 19.1 Å². The molecular weight excluding hydrogens is 196 g/mol. The Labute approximate surface area is 89.2 Å². The Balaban J connectivity index is 2.40. The van der Waals surface area contributed by atoms with Gasteiger partial charge in [0.1, 0.15) is 12.2 Å². The zero-order chi connectivity index (χ0) is 11.3. The molecule has 4 nitrogen and oxygen atoms in total. The Morgan fingerprint density at radius 2 is 2.07 bits per heavy atom. The van der Waals surface area contributed by atoms with E-state index < -0.39 is 5.97 Å². The topological polar surface area (TPSA) is 52.6 Å². The Morgan fingerprint density at radius 1 is 1.47 bits per heavy atom. The molecule has 1 saturated carbocycles. The predicted octanol–water partition coefficient (Wildman–Crippen LogP) is 1.59. The minimum absolute atomic E-state index is 0.0988. The summed E-state index contributed by atoms with van der Waals surface area (Å²) < 4.78 is 9.76. The van der Waals surface area contributed by atoms with Crippen LogP contribution in [0.4, 0.5) is 0 Å². The van der Waals surface area contributed by atoms with Crippen LogP contribution in [0.3, 0.4) is 0 Å². The van der Waals surface area contributed by atoms with Crippen LogP contribution in [0.25, 0.3) is 0 Å². The number of hydrogen-bond acceptors (Lipinski definition) is 4. The van der Waals surface area contributed by atoms with Gasteiger partial charge < -0.3 is 9.47 Å². The Hall–Kier alpha value is -1.32. The third-order valence-corrected chi connectivity index (χ3v) is 2.61. The maximum Gasteiger partial charge on any atom is 0.337 e. The van der Waals surface area contributed by atoms with Gasteiger partial charge in [0.15, 0.2) is 0 Å². The van der Waals surface area contributed by atoms with Crippen molar-refractivity contribution in [3.63, 3.8) is 0 Å². The first kappa shape index (κ1) is 11.8. The lowest BCUT2D eigenvalue weighted by Crippen LogP contribution is -2.29. The summed E-state index contributed by atoms with van der Waals surface area (Å²) in [5, 5.41) is 0. The molecule has 0 aromatic heterocycles. The van der Waals surface area contributed by atoms with Crippen molar-refractivity contribution in [2.75, 3.05) is 6.61 Å². The maximum absolute atomic E-state index is 11.5. The van der Waals surface area contributed by atoms with E-state index >= 15 is 0 Å². The first-order valence-electron chi connectivity index (χ1n) is 5.04. The number of rotatable bonds is 5. The summed E-state index contributed by atoms with van der Waals surface area (Å²) in [4.78, 5) is 21.4. The average Bonchev–Trinajstić information content (AvgIpc) is 2.61. The Morgan fingerprint density at radius 3 is 2.60 bits per heavy atom. The van der Waals surface area contributed by atoms with E-state index in [-0.39, 0.29) is 24.3 Å². The molecule has 0 aromatic carbocycles. The molecule has 1 aliphatic carbocycles. The molecule has 1 rings (SSSR count). The highest BCUT2D eigenvalue weighted by Gasteiger charge is 2.33. The van der Waals surface area contributed by atoms with Gasteiger partial charge in [0.05, 0.1) is 5.57 Å². The lowest BCUT2D eigenvalue weighted by atomic mass is 10.1. The van der Waals surface area contributed by atoms with Crippen LogP contribution in [0.2, 0.25) is 0 Å². The van der Waals surface area contributed by atoms with Gasteiger partial charge >= 0.3 is 5.97 Å². The second-order valence-electron chi connectivity index (χ2n) is 4.06. The molecule has 0 radical (unpaired) electrons. The van der Waals surface area contributed by atoms with Crippen molar-refractivity contribution in [1.29, 1.82) is 0 Å². The van der Waals surface area contributed by atoms with Crippen LogP contribution in [0.1, 0.15) is 32.6 Å². The van der Waals surface area contributed by atoms with Gasteiger partial charge in [-0.1, -0.05) is 6.58 Å². The second kappa shape index (κ2) is 4.96. The summed E-state index contributed by atoms with van der Waals surface area (Å²) in [5.74, 6) is -0.471. The van der Waals surface area contributed by atoms with Crippen molar-refractivity contribution in [2.24, 2.45) is 0 Å². The molecule has 84 valence electrons. The smallest absolute Gasteiger partial charge is 0.337 e. The Kier molecular flexibility index (Phi) is 3.88. The third-order valence-electron chi connectivity index (χ3n) is 2.61. The van der Waals surface area contributed by atoms with E-state index in [0.717, 1.165) is 25.7 Å². The number of ether oxygens (including phenoxy) is 2. The molecule has 0 N–H and O–H groups in total. The van der Waals surface area contributed by atoms with Gasteiger partial charge in [-0.3, -0.25) is 4.79 Å². The zero-order valence-electron chi connectivity index (χ0n) is 8.95. The molecular formula is C11H16O4. The fourth-order valence-corrected chi connectivity index (χ4v) is 1.71. The van der Waals surface area contributed by atoms with E-state index in [4.69, 9.17) is 4.74 Å². The van der Waals surface area contributed by atoms with Crippen LogP contribution < -0.4 is 0 Å². The highest BCUT2D eigenvalue weighted by molar-refractivity contribution is 5.88. The lowest BCUT2D eigenvalue weighted by Gasteiger charge is -2.24. The normalized spacial score (nSPS) is 18.2. The summed E-state index contributed by atoms with van der Waals surface area (Å²) in [6, 6.07) is 0. The van der Waals surface area contributed by atoms with Gasteiger partial charge in [-0.15, -0.1) is 0 Å². The molecule has 1 fully saturated rings. The van der Waals surface area contributed by atoms with Crippen LogP contribution in [0.15, 0.2) is 12.2 Å². The fraction of sp³-hybridized carbons (Fsp3) is 0.636. The van der Waals surface area contributed by atoms with E-state index in [1.165, 1.54) is 0 Å². The van der Waals surface area contributed by atoms with E-state index in [9.17, 15) is 9.59 Å². The van der Waals surface area contributed by atoms with Crippen molar-refractivity contribution in [3.8, 4) is 0 Å². The van der Waals surface area contributed by atoms with Gasteiger partial charge in [0.25, 0.3) is 6.47 Å². The summed E-state index contributed by atoms with van der Waals surface area (Å²) in [6.07, 6.45) is 3.95. The van der Waals surface area contributed by atoms with Crippen molar-refractivity contribution in [3.05, 3.63) is 12.2 Å². The van der Waals surface area contributed by atoms with Crippen LogP contribution in [0.5, 0.6) is 0 Å². The van der Waals surface area contributed by atoms with Crippen LogP contribution in [0, 0.1) is 0 Å². The lowest BCUT2D eigenvalue weighted by molar-refractivity contribution is -0.153. The molecule has 15 heavy (non-hydrogen) atoms. The fourth-order valence-electron chi connectivity index (χ4n) is 1.71. The molecule has 1 aliphatic rings. The molecule has 4 heteroatoms. The molecule has 0 unspecified atom stereocenters. The largest absolute Gasteiger partial charge is 0.463 e. The van der Waals surface area contributed by atoms with Gasteiger partial charge in [-0.05, 0) is 32.6 Å². The molecule has 0 bridgehead atoms. The number of hydrogen-bond donors (Lipinski definition) is 0. The van der Waals surface area contributed by atoms with E-state index in [2.05, 4.69) is 11.3 Å². The molecule has 0 amide bonds. The number of esters is 1. The summed E-state index contributed by atoms with van der Waals surface area (Å²) >= 11 is 0. The van der Waals surface area contributed by atoms with Crippen molar-refractivity contribution in [2.45, 2.75) is 38.2 Å². The van der Waals surface area contributed by atoms with Crippen LogP contribution >= 0.6 is 0 Å². The number of carbonyl (C=O) groups is 2. The molecule has 0 aliphatic heterocycles. The summed E-state index contributed by atoms with van der Waals surface area (Å²) in [6.45, 7) is 5.62. The third kappa shape index (κ3) is 3.38. The highest BCUT2D eigenvalue weighted by atomic mass is 16.6. The van der Waals surface area contributed by atoms with Crippen molar-refractivity contribution >= 4 is 12.4 Å². The first-order valence-corrected chi connectivity index (χ1v) is 5.04. The molecule has 0 spiro atoms. The van der Waals surface area contributed by atoms with E-state index in [1.54, 1.807) is 0 Å². The van der Waals surface area contributed by atoms with E-state index in [1.807, 2.05) is 6.92 Å².